The van der Waals surface area contributed by atoms with E-state index in [0.29, 0.717) is 11.3 Å². The first-order valence-electron chi connectivity index (χ1n) is 8.57. The van der Waals surface area contributed by atoms with Crippen LogP contribution in [0.3, 0.4) is 0 Å². The van der Waals surface area contributed by atoms with Gasteiger partial charge in [-0.2, -0.15) is 0 Å². The standard InChI is InChI=1S/C17H23NO5S2/c1-17(7-8-25(21,22)11-17)18-15(19)10-23-16(20)14-9-12-5-3-2-4-6-13(12)24-14/h9H,2-8,10-11H2,1H3,(H,18,19). The van der Waals surface area contributed by atoms with Gasteiger partial charge < -0.3 is 10.1 Å². The average molecular weight is 386 g/mol. The molecule has 1 saturated heterocycles. The summed E-state index contributed by atoms with van der Waals surface area (Å²) in [6.45, 7) is 1.31. The second-order valence-corrected chi connectivity index (χ2v) is 10.5. The van der Waals surface area contributed by atoms with E-state index < -0.39 is 33.9 Å². The molecule has 1 unspecified atom stereocenters. The quantitative estimate of drug-likeness (QED) is 0.631. The minimum atomic E-state index is -3.10. The number of hydrogen-bond donors (Lipinski definition) is 1. The molecule has 2 heterocycles. The molecule has 3 rings (SSSR count). The van der Waals surface area contributed by atoms with Gasteiger partial charge in [0.25, 0.3) is 5.91 Å². The zero-order valence-electron chi connectivity index (χ0n) is 14.3. The molecule has 1 amide bonds. The van der Waals surface area contributed by atoms with E-state index in [1.807, 2.05) is 6.07 Å². The summed E-state index contributed by atoms with van der Waals surface area (Å²) in [6.07, 6.45) is 5.88. The molecule has 1 N–H and O–H groups in total. The number of rotatable bonds is 4. The lowest BCUT2D eigenvalue weighted by molar-refractivity contribution is -0.125. The third-order valence-electron chi connectivity index (χ3n) is 4.73. The van der Waals surface area contributed by atoms with Gasteiger partial charge in [-0.1, -0.05) is 6.42 Å². The normalized spacial score (nSPS) is 25.0. The molecule has 1 aromatic rings. The summed E-state index contributed by atoms with van der Waals surface area (Å²) >= 11 is 1.45. The molecule has 138 valence electrons. The van der Waals surface area contributed by atoms with Gasteiger partial charge in [-0.25, -0.2) is 13.2 Å². The highest BCUT2D eigenvalue weighted by molar-refractivity contribution is 7.91. The third kappa shape index (κ3) is 4.61. The van der Waals surface area contributed by atoms with Gasteiger partial charge in [0.15, 0.2) is 16.4 Å². The second kappa shape index (κ2) is 7.07. The van der Waals surface area contributed by atoms with Crippen molar-refractivity contribution >= 4 is 33.1 Å². The van der Waals surface area contributed by atoms with E-state index in [-0.39, 0.29) is 11.5 Å². The summed E-state index contributed by atoms with van der Waals surface area (Å²) in [5, 5.41) is 2.68. The van der Waals surface area contributed by atoms with E-state index in [9.17, 15) is 18.0 Å². The molecule has 1 aromatic heterocycles. The lowest BCUT2D eigenvalue weighted by atomic mass is 10.0. The van der Waals surface area contributed by atoms with Gasteiger partial charge in [-0.15, -0.1) is 11.3 Å². The maximum Gasteiger partial charge on any atom is 0.348 e. The van der Waals surface area contributed by atoms with Crippen molar-refractivity contribution in [2.24, 2.45) is 0 Å². The summed E-state index contributed by atoms with van der Waals surface area (Å²) < 4.78 is 28.2. The van der Waals surface area contributed by atoms with Crippen LogP contribution in [0.1, 0.15) is 52.7 Å². The fourth-order valence-corrected chi connectivity index (χ4v) is 6.69. The van der Waals surface area contributed by atoms with E-state index in [1.165, 1.54) is 28.2 Å². The van der Waals surface area contributed by atoms with Crippen molar-refractivity contribution in [2.45, 2.75) is 51.0 Å². The Hall–Kier alpha value is -1.41. The molecule has 0 bridgehead atoms. The number of thiophene rings is 1. The number of carbonyl (C=O) groups is 2. The molecule has 1 atom stereocenters. The van der Waals surface area contributed by atoms with E-state index in [1.54, 1.807) is 6.92 Å². The van der Waals surface area contributed by atoms with Crippen molar-refractivity contribution in [3.05, 3.63) is 21.4 Å². The Morgan fingerprint density at radius 2 is 2.04 bits per heavy atom. The minimum absolute atomic E-state index is 0.0721. The summed E-state index contributed by atoms with van der Waals surface area (Å²) in [4.78, 5) is 26.0. The first-order chi connectivity index (χ1) is 11.8. The molecule has 0 aromatic carbocycles. The van der Waals surface area contributed by atoms with Gasteiger partial charge in [0.2, 0.25) is 0 Å². The smallest absolute Gasteiger partial charge is 0.348 e. The van der Waals surface area contributed by atoms with Crippen molar-refractivity contribution < 1.29 is 22.7 Å². The Morgan fingerprint density at radius 3 is 2.76 bits per heavy atom. The molecule has 2 aliphatic rings. The van der Waals surface area contributed by atoms with Crippen LogP contribution in [-0.4, -0.2) is 43.9 Å². The molecular formula is C17H23NO5S2. The van der Waals surface area contributed by atoms with Crippen LogP contribution in [0.25, 0.3) is 0 Å². The van der Waals surface area contributed by atoms with Crippen molar-refractivity contribution in [1.82, 2.24) is 5.32 Å². The van der Waals surface area contributed by atoms with Gasteiger partial charge in [0, 0.05) is 4.88 Å². The monoisotopic (exact) mass is 385 g/mol. The van der Waals surface area contributed by atoms with Crippen LogP contribution in [0.4, 0.5) is 0 Å². The van der Waals surface area contributed by atoms with Gasteiger partial charge in [-0.3, -0.25) is 4.79 Å². The zero-order valence-corrected chi connectivity index (χ0v) is 15.9. The Morgan fingerprint density at radius 1 is 1.28 bits per heavy atom. The summed E-state index contributed by atoms with van der Waals surface area (Å²) in [6, 6.07) is 1.89. The zero-order chi connectivity index (χ0) is 18.1. The number of carbonyl (C=O) groups excluding carboxylic acids is 2. The molecule has 0 spiro atoms. The van der Waals surface area contributed by atoms with E-state index in [4.69, 9.17) is 4.74 Å². The Kier molecular flexibility index (Phi) is 5.20. The topological polar surface area (TPSA) is 89.5 Å². The van der Waals surface area contributed by atoms with Crippen molar-refractivity contribution in [2.75, 3.05) is 18.1 Å². The molecule has 1 aliphatic heterocycles. The van der Waals surface area contributed by atoms with Crippen molar-refractivity contribution in [3.63, 3.8) is 0 Å². The highest BCUT2D eigenvalue weighted by Crippen LogP contribution is 2.29. The predicted molar refractivity (Wildman–Crippen MR) is 95.7 cm³/mol. The Labute approximate surface area is 151 Å². The number of fused-ring (bicyclic) bond motifs is 1. The van der Waals surface area contributed by atoms with Crippen molar-refractivity contribution in [1.29, 1.82) is 0 Å². The largest absolute Gasteiger partial charge is 0.451 e. The van der Waals surface area contributed by atoms with E-state index >= 15 is 0 Å². The minimum Gasteiger partial charge on any atom is -0.451 e. The molecule has 25 heavy (non-hydrogen) atoms. The number of esters is 1. The molecule has 0 saturated carbocycles. The van der Waals surface area contributed by atoms with Gasteiger partial charge in [0.05, 0.1) is 17.0 Å². The number of ether oxygens (including phenoxy) is 1. The van der Waals surface area contributed by atoms with E-state index in [2.05, 4.69) is 5.32 Å². The number of hydrogen-bond acceptors (Lipinski definition) is 6. The Balaban J connectivity index is 1.53. The lowest BCUT2D eigenvalue weighted by Gasteiger charge is -2.23. The SMILES string of the molecule is CC1(NC(=O)COC(=O)c2cc3c(s2)CCCCC3)CCS(=O)(=O)C1. The average Bonchev–Trinajstić information content (AvgIpc) is 2.97. The summed E-state index contributed by atoms with van der Waals surface area (Å²) in [5.41, 5.74) is 0.449. The van der Waals surface area contributed by atoms with E-state index in [0.717, 1.165) is 25.7 Å². The van der Waals surface area contributed by atoms with Crippen LogP contribution < -0.4 is 5.32 Å². The molecule has 1 fully saturated rings. The Bertz CT molecular complexity index is 759. The van der Waals surface area contributed by atoms with Crippen LogP contribution in [-0.2, 0) is 32.2 Å². The maximum absolute atomic E-state index is 12.2. The lowest BCUT2D eigenvalue weighted by Crippen LogP contribution is -2.48. The van der Waals surface area contributed by atoms with Crippen LogP contribution in [0.15, 0.2) is 6.07 Å². The number of sulfone groups is 1. The first-order valence-corrected chi connectivity index (χ1v) is 11.2. The summed E-state index contributed by atoms with van der Waals surface area (Å²) in [5.74, 6) is -0.953. The highest BCUT2D eigenvalue weighted by Gasteiger charge is 2.39. The van der Waals surface area contributed by atoms with Crippen molar-refractivity contribution in [3.8, 4) is 0 Å². The fourth-order valence-electron chi connectivity index (χ4n) is 3.45. The molecule has 6 nitrogen and oxygen atoms in total. The van der Waals surface area contributed by atoms with Gasteiger partial charge >= 0.3 is 5.97 Å². The number of amides is 1. The van der Waals surface area contributed by atoms with Crippen LogP contribution >= 0.6 is 11.3 Å². The molecule has 8 heteroatoms. The first kappa shape index (κ1) is 18.4. The second-order valence-electron chi connectivity index (χ2n) is 7.15. The predicted octanol–water partition coefficient (Wildman–Crippen LogP) is 1.87. The fraction of sp³-hybridized carbons (Fsp3) is 0.647. The maximum atomic E-state index is 12.2. The van der Waals surface area contributed by atoms with Crippen LogP contribution in [0.2, 0.25) is 0 Å². The molecular weight excluding hydrogens is 362 g/mol. The number of aryl methyl sites for hydroxylation is 2. The summed E-state index contributed by atoms with van der Waals surface area (Å²) in [7, 11) is -3.10. The third-order valence-corrected chi connectivity index (χ3v) is 7.85. The number of nitrogens with one attached hydrogen (secondary N) is 1. The van der Waals surface area contributed by atoms with Crippen LogP contribution in [0.5, 0.6) is 0 Å². The van der Waals surface area contributed by atoms with Gasteiger partial charge in [-0.05, 0) is 50.7 Å². The van der Waals surface area contributed by atoms with Crippen LogP contribution in [0, 0.1) is 0 Å². The highest BCUT2D eigenvalue weighted by atomic mass is 32.2. The molecule has 0 radical (unpaired) electrons. The van der Waals surface area contributed by atoms with Gasteiger partial charge in [0.1, 0.15) is 4.88 Å². The molecule has 1 aliphatic carbocycles.